The normalized spacial score (nSPS) is 10.3. The molecule has 0 amide bonds. The maximum Gasteiger partial charge on any atom is 0.273 e. The van der Waals surface area contributed by atoms with Gasteiger partial charge in [-0.3, -0.25) is 4.79 Å². The first kappa shape index (κ1) is 12.2. The van der Waals surface area contributed by atoms with Gasteiger partial charge < -0.3 is 9.72 Å². The van der Waals surface area contributed by atoms with Crippen LogP contribution in [0.1, 0.15) is 0 Å². The summed E-state index contributed by atoms with van der Waals surface area (Å²) in [6.45, 7) is 0. The van der Waals surface area contributed by atoms with Crippen LogP contribution in [0.2, 0.25) is 15.1 Å². The van der Waals surface area contributed by atoms with Gasteiger partial charge in [-0.25, -0.2) is 4.98 Å². The number of benzene rings is 1. The molecule has 0 aliphatic rings. The molecule has 0 fully saturated rings. The Kier molecular flexibility index (Phi) is 3.57. The first-order valence-electron chi connectivity index (χ1n) is 4.44. The van der Waals surface area contributed by atoms with Crippen LogP contribution in [0.15, 0.2) is 29.3 Å². The van der Waals surface area contributed by atoms with E-state index in [2.05, 4.69) is 9.97 Å². The topological polar surface area (TPSA) is 55.0 Å². The summed E-state index contributed by atoms with van der Waals surface area (Å²) in [5.74, 6) is 0.249. The molecule has 4 nitrogen and oxygen atoms in total. The van der Waals surface area contributed by atoms with Gasteiger partial charge in [0.2, 0.25) is 5.88 Å². The average Bonchev–Trinajstić information content (AvgIpc) is 2.30. The highest BCUT2D eigenvalue weighted by molar-refractivity contribution is 6.34. The summed E-state index contributed by atoms with van der Waals surface area (Å²) in [4.78, 5) is 17.3. The maximum atomic E-state index is 11.2. The largest absolute Gasteiger partial charge is 0.436 e. The van der Waals surface area contributed by atoms with Crippen molar-refractivity contribution in [2.24, 2.45) is 0 Å². The zero-order valence-electron chi connectivity index (χ0n) is 8.21. The van der Waals surface area contributed by atoms with Crippen LogP contribution in [0.3, 0.4) is 0 Å². The maximum absolute atomic E-state index is 11.2. The van der Waals surface area contributed by atoms with Crippen molar-refractivity contribution in [3.63, 3.8) is 0 Å². The Morgan fingerprint density at radius 2 is 2.00 bits per heavy atom. The molecule has 0 radical (unpaired) electrons. The number of H-pyrrole nitrogens is 1. The molecule has 1 heterocycles. The van der Waals surface area contributed by atoms with Gasteiger partial charge in [0, 0.05) is 11.1 Å². The number of rotatable bonds is 2. The number of aromatic nitrogens is 2. The van der Waals surface area contributed by atoms with Gasteiger partial charge in [-0.05, 0) is 12.1 Å². The zero-order chi connectivity index (χ0) is 12.4. The van der Waals surface area contributed by atoms with Gasteiger partial charge >= 0.3 is 0 Å². The smallest absolute Gasteiger partial charge is 0.273 e. The highest BCUT2D eigenvalue weighted by Gasteiger charge is 2.10. The predicted molar refractivity (Wildman–Crippen MR) is 66.4 cm³/mol. The molecule has 17 heavy (non-hydrogen) atoms. The van der Waals surface area contributed by atoms with Crippen LogP contribution in [0, 0.1) is 0 Å². The van der Waals surface area contributed by atoms with Crippen LogP contribution >= 0.6 is 34.8 Å². The van der Waals surface area contributed by atoms with Crippen LogP contribution in [-0.2, 0) is 0 Å². The summed E-state index contributed by atoms with van der Waals surface area (Å²) in [6.07, 6.45) is 1.18. The van der Waals surface area contributed by atoms with E-state index in [1.807, 2.05) is 0 Å². The Hall–Kier alpha value is -1.23. The minimum Gasteiger partial charge on any atom is -0.436 e. The lowest BCUT2D eigenvalue weighted by Gasteiger charge is -2.07. The summed E-state index contributed by atoms with van der Waals surface area (Å²) in [7, 11) is 0. The average molecular weight is 292 g/mol. The number of aromatic amines is 1. The third-order valence-corrected chi connectivity index (χ3v) is 2.75. The van der Waals surface area contributed by atoms with Crippen molar-refractivity contribution < 1.29 is 4.74 Å². The summed E-state index contributed by atoms with van der Waals surface area (Å²) in [5, 5.41) is 0.640. The number of hydrogen-bond acceptors (Lipinski definition) is 3. The lowest BCUT2D eigenvalue weighted by atomic mass is 10.3. The van der Waals surface area contributed by atoms with Crippen LogP contribution in [-0.4, -0.2) is 9.97 Å². The number of ether oxygens (including phenoxy) is 1. The molecule has 0 atom stereocenters. The molecule has 0 spiro atoms. The molecular formula is C10H5Cl3N2O2. The summed E-state index contributed by atoms with van der Waals surface area (Å²) >= 11 is 17.4. The lowest BCUT2D eigenvalue weighted by molar-refractivity contribution is 0.461. The molecule has 88 valence electrons. The fourth-order valence-electron chi connectivity index (χ4n) is 1.10. The van der Waals surface area contributed by atoms with E-state index in [0.717, 1.165) is 0 Å². The van der Waals surface area contributed by atoms with Crippen molar-refractivity contribution in [3.8, 4) is 11.6 Å². The quantitative estimate of drug-likeness (QED) is 0.921. The van der Waals surface area contributed by atoms with E-state index >= 15 is 0 Å². The molecule has 0 aliphatic carbocycles. The van der Waals surface area contributed by atoms with Gasteiger partial charge in [-0.2, -0.15) is 0 Å². The molecule has 2 aromatic rings. The van der Waals surface area contributed by atoms with Crippen molar-refractivity contribution >= 4 is 34.8 Å². The molecule has 7 heteroatoms. The van der Waals surface area contributed by atoms with Crippen molar-refractivity contribution in [1.82, 2.24) is 9.97 Å². The van der Waals surface area contributed by atoms with Gasteiger partial charge in [0.05, 0.1) is 11.3 Å². The van der Waals surface area contributed by atoms with E-state index in [9.17, 15) is 4.79 Å². The molecule has 0 bridgehead atoms. The first-order chi connectivity index (χ1) is 8.08. The minimum atomic E-state index is -0.491. The summed E-state index contributed by atoms with van der Waals surface area (Å²) in [5.41, 5.74) is -0.491. The Morgan fingerprint density at radius 1 is 1.24 bits per heavy atom. The Bertz CT molecular complexity index is 613. The Morgan fingerprint density at radius 3 is 2.76 bits per heavy atom. The van der Waals surface area contributed by atoms with Gasteiger partial charge in [0.25, 0.3) is 5.56 Å². The van der Waals surface area contributed by atoms with Crippen LogP contribution in [0.4, 0.5) is 0 Å². The van der Waals surface area contributed by atoms with E-state index in [-0.39, 0.29) is 16.7 Å². The third kappa shape index (κ3) is 2.72. The molecule has 2 rings (SSSR count). The molecule has 0 saturated heterocycles. The van der Waals surface area contributed by atoms with Crippen LogP contribution < -0.4 is 10.3 Å². The highest BCUT2D eigenvalue weighted by Crippen LogP contribution is 2.32. The molecule has 0 aliphatic heterocycles. The summed E-state index contributed by atoms with van der Waals surface area (Å²) in [6, 6.07) is 4.69. The summed E-state index contributed by atoms with van der Waals surface area (Å²) < 4.78 is 5.32. The molecule has 0 saturated carbocycles. The van der Waals surface area contributed by atoms with Gasteiger partial charge in [-0.15, -0.1) is 0 Å². The minimum absolute atomic E-state index is 0.0282. The molecule has 1 aromatic heterocycles. The fraction of sp³-hybridized carbons (Fsp3) is 0. The molecule has 0 unspecified atom stereocenters. The standard InChI is InChI=1S/C10H5Cl3N2O2/c11-5-1-2-6(12)7(3-5)17-10-8(13)9(16)14-4-15-10/h1-4H,(H,14,15,16). The zero-order valence-corrected chi connectivity index (χ0v) is 10.5. The second-order valence-corrected chi connectivity index (χ2v) is 4.25. The first-order valence-corrected chi connectivity index (χ1v) is 5.57. The van der Waals surface area contributed by atoms with E-state index in [4.69, 9.17) is 39.5 Å². The number of nitrogens with zero attached hydrogens (tertiary/aromatic N) is 1. The SMILES string of the molecule is O=c1[nH]cnc(Oc2cc(Cl)ccc2Cl)c1Cl. The van der Waals surface area contributed by atoms with Gasteiger partial charge in [0.1, 0.15) is 5.75 Å². The number of halogens is 3. The fourth-order valence-corrected chi connectivity index (χ4v) is 1.56. The second kappa shape index (κ2) is 4.96. The van der Waals surface area contributed by atoms with E-state index in [1.165, 1.54) is 12.4 Å². The van der Waals surface area contributed by atoms with Gasteiger partial charge in [0.15, 0.2) is 5.02 Å². The van der Waals surface area contributed by atoms with E-state index in [1.54, 1.807) is 12.1 Å². The monoisotopic (exact) mass is 290 g/mol. The predicted octanol–water partition coefficient (Wildman–Crippen LogP) is 3.52. The third-order valence-electron chi connectivity index (χ3n) is 1.86. The Labute approximate surface area is 111 Å². The number of hydrogen-bond donors (Lipinski definition) is 1. The molecule has 1 N–H and O–H groups in total. The Balaban J connectivity index is 2.41. The lowest BCUT2D eigenvalue weighted by Crippen LogP contribution is -2.07. The van der Waals surface area contributed by atoms with Crippen molar-refractivity contribution in [2.45, 2.75) is 0 Å². The second-order valence-electron chi connectivity index (χ2n) is 3.03. The van der Waals surface area contributed by atoms with Crippen LogP contribution in [0.25, 0.3) is 0 Å². The van der Waals surface area contributed by atoms with Crippen molar-refractivity contribution in [3.05, 3.63) is 49.9 Å². The number of nitrogens with one attached hydrogen (secondary N) is 1. The molecule has 1 aromatic carbocycles. The highest BCUT2D eigenvalue weighted by atomic mass is 35.5. The molecular weight excluding hydrogens is 286 g/mol. The van der Waals surface area contributed by atoms with Crippen molar-refractivity contribution in [1.29, 1.82) is 0 Å². The van der Waals surface area contributed by atoms with Crippen molar-refractivity contribution in [2.75, 3.05) is 0 Å². The van der Waals surface area contributed by atoms with Gasteiger partial charge in [-0.1, -0.05) is 34.8 Å². The van der Waals surface area contributed by atoms with E-state index < -0.39 is 5.56 Å². The van der Waals surface area contributed by atoms with E-state index in [0.29, 0.717) is 10.0 Å². The van der Waals surface area contributed by atoms with Crippen LogP contribution in [0.5, 0.6) is 11.6 Å².